The predicted molar refractivity (Wildman–Crippen MR) is 49.5 cm³/mol. The molecule has 0 atom stereocenters. The highest BCUT2D eigenvalue weighted by molar-refractivity contribution is 6.28. The van der Waals surface area contributed by atoms with Gasteiger partial charge in [-0.05, 0) is 29.8 Å². The van der Waals surface area contributed by atoms with Crippen LogP contribution in [0.15, 0.2) is 22.1 Å². The van der Waals surface area contributed by atoms with Gasteiger partial charge in [-0.3, -0.25) is 14.9 Å². The number of rotatable bonds is 1. The van der Waals surface area contributed by atoms with Crippen LogP contribution in [0, 0.1) is 0 Å². The van der Waals surface area contributed by atoms with E-state index in [0.717, 1.165) is 0 Å². The average Bonchev–Trinajstić information content (AvgIpc) is 2.61. The molecule has 2 amide bonds. The molecule has 2 rings (SSSR count). The number of furan rings is 1. The Morgan fingerprint density at radius 1 is 1.43 bits per heavy atom. The van der Waals surface area contributed by atoms with Crippen molar-refractivity contribution in [2.75, 3.05) is 0 Å². The van der Waals surface area contributed by atoms with E-state index < -0.39 is 0 Å². The lowest BCUT2D eigenvalue weighted by molar-refractivity contribution is -0.124. The van der Waals surface area contributed by atoms with Crippen LogP contribution >= 0.6 is 11.6 Å². The van der Waals surface area contributed by atoms with Crippen LogP contribution in [0.2, 0.25) is 5.22 Å². The third kappa shape index (κ3) is 1.70. The molecule has 0 spiro atoms. The Hall–Kier alpha value is -1.55. The van der Waals surface area contributed by atoms with E-state index in [2.05, 4.69) is 5.32 Å². The zero-order valence-electron chi connectivity index (χ0n) is 7.04. The van der Waals surface area contributed by atoms with Crippen molar-refractivity contribution in [1.82, 2.24) is 5.32 Å². The Morgan fingerprint density at radius 2 is 2.21 bits per heavy atom. The average molecular weight is 212 g/mol. The number of carbonyl (C=O) groups excluding carboxylic acids is 2. The molecule has 1 aromatic rings. The van der Waals surface area contributed by atoms with Gasteiger partial charge in [0.25, 0.3) is 5.91 Å². The summed E-state index contributed by atoms with van der Waals surface area (Å²) in [6.07, 6.45) is 1.60. The third-order valence-corrected chi connectivity index (χ3v) is 2.01. The topological polar surface area (TPSA) is 59.3 Å². The smallest absolute Gasteiger partial charge is 0.254 e. The summed E-state index contributed by atoms with van der Waals surface area (Å²) in [4.78, 5) is 22.0. The maximum atomic E-state index is 11.1. The number of halogens is 1. The summed E-state index contributed by atoms with van der Waals surface area (Å²) < 4.78 is 5.03. The Bertz CT molecular complexity index is 433. The molecular weight excluding hydrogens is 206 g/mol. The quantitative estimate of drug-likeness (QED) is 0.564. The predicted octanol–water partition coefficient (Wildman–Crippen LogP) is 1.36. The molecule has 0 saturated carbocycles. The van der Waals surface area contributed by atoms with Crippen molar-refractivity contribution >= 4 is 29.5 Å². The second-order valence-electron chi connectivity index (χ2n) is 2.87. The third-order valence-electron chi connectivity index (χ3n) is 1.81. The Balaban J connectivity index is 2.27. The number of amides is 2. The van der Waals surface area contributed by atoms with E-state index in [4.69, 9.17) is 16.0 Å². The molecule has 1 N–H and O–H groups in total. The van der Waals surface area contributed by atoms with E-state index in [1.165, 1.54) is 6.08 Å². The summed E-state index contributed by atoms with van der Waals surface area (Å²) in [6, 6.07) is 3.20. The Labute approximate surface area is 84.5 Å². The first-order chi connectivity index (χ1) is 6.65. The SMILES string of the molecule is O=C1CC(=Cc2ccc(Cl)o2)C(=O)N1. The van der Waals surface area contributed by atoms with Crippen molar-refractivity contribution in [3.05, 3.63) is 28.7 Å². The van der Waals surface area contributed by atoms with Gasteiger partial charge in [0.1, 0.15) is 5.76 Å². The molecule has 1 fully saturated rings. The van der Waals surface area contributed by atoms with Crippen LogP contribution in [0.4, 0.5) is 0 Å². The first kappa shape index (κ1) is 9.02. The normalized spacial score (nSPS) is 19.1. The lowest BCUT2D eigenvalue weighted by atomic mass is 10.2. The molecule has 0 unspecified atom stereocenters. The van der Waals surface area contributed by atoms with Gasteiger partial charge < -0.3 is 4.42 Å². The number of hydrogen-bond acceptors (Lipinski definition) is 3. The van der Waals surface area contributed by atoms with Gasteiger partial charge in [-0.15, -0.1) is 0 Å². The number of carbonyl (C=O) groups is 2. The molecule has 1 aliphatic heterocycles. The standard InChI is InChI=1S/C9H6ClNO3/c10-7-2-1-6(14-7)3-5-4-8(12)11-9(5)13/h1-3H,4H2,(H,11,12,13). The lowest BCUT2D eigenvalue weighted by Gasteiger charge is -1.89. The van der Waals surface area contributed by atoms with Crippen LogP contribution in [0.1, 0.15) is 12.2 Å². The maximum absolute atomic E-state index is 11.1. The highest BCUT2D eigenvalue weighted by Gasteiger charge is 2.23. The van der Waals surface area contributed by atoms with Crippen LogP contribution in [-0.2, 0) is 9.59 Å². The molecule has 72 valence electrons. The van der Waals surface area contributed by atoms with Gasteiger partial charge in [0.2, 0.25) is 5.91 Å². The fraction of sp³-hybridized carbons (Fsp3) is 0.111. The summed E-state index contributed by atoms with van der Waals surface area (Å²) in [5.41, 5.74) is 0.390. The number of nitrogens with one attached hydrogen (secondary N) is 1. The Kier molecular flexibility index (Phi) is 2.13. The van der Waals surface area contributed by atoms with Gasteiger partial charge in [-0.2, -0.15) is 0 Å². The van der Waals surface area contributed by atoms with Crippen LogP contribution in [0.25, 0.3) is 6.08 Å². The van der Waals surface area contributed by atoms with Gasteiger partial charge in [-0.1, -0.05) is 0 Å². The molecule has 1 aliphatic rings. The monoisotopic (exact) mass is 211 g/mol. The zero-order chi connectivity index (χ0) is 10.1. The second-order valence-corrected chi connectivity index (χ2v) is 3.24. The van der Waals surface area contributed by atoms with E-state index in [1.807, 2.05) is 0 Å². The van der Waals surface area contributed by atoms with Crippen LogP contribution in [0.5, 0.6) is 0 Å². The van der Waals surface area contributed by atoms with Crippen molar-refractivity contribution in [2.45, 2.75) is 6.42 Å². The van der Waals surface area contributed by atoms with Crippen molar-refractivity contribution < 1.29 is 14.0 Å². The van der Waals surface area contributed by atoms with Crippen molar-refractivity contribution in [3.8, 4) is 0 Å². The minimum absolute atomic E-state index is 0.0944. The maximum Gasteiger partial charge on any atom is 0.254 e. The van der Waals surface area contributed by atoms with Gasteiger partial charge in [-0.25, -0.2) is 0 Å². The van der Waals surface area contributed by atoms with E-state index in [-0.39, 0.29) is 23.5 Å². The molecule has 0 radical (unpaired) electrons. The largest absolute Gasteiger partial charge is 0.445 e. The first-order valence-corrected chi connectivity index (χ1v) is 4.33. The number of hydrogen-bond donors (Lipinski definition) is 1. The first-order valence-electron chi connectivity index (χ1n) is 3.95. The molecule has 14 heavy (non-hydrogen) atoms. The minimum atomic E-state index is -0.373. The van der Waals surface area contributed by atoms with Crippen LogP contribution in [-0.4, -0.2) is 11.8 Å². The Morgan fingerprint density at radius 3 is 2.71 bits per heavy atom. The van der Waals surface area contributed by atoms with E-state index >= 15 is 0 Å². The van der Waals surface area contributed by atoms with Crippen LogP contribution < -0.4 is 5.32 Å². The van der Waals surface area contributed by atoms with E-state index in [1.54, 1.807) is 12.1 Å². The molecule has 0 aromatic carbocycles. The van der Waals surface area contributed by atoms with Crippen molar-refractivity contribution in [1.29, 1.82) is 0 Å². The molecule has 0 bridgehead atoms. The lowest BCUT2D eigenvalue weighted by Crippen LogP contribution is -2.19. The van der Waals surface area contributed by atoms with Crippen molar-refractivity contribution in [3.63, 3.8) is 0 Å². The van der Waals surface area contributed by atoms with Crippen LogP contribution in [0.3, 0.4) is 0 Å². The zero-order valence-corrected chi connectivity index (χ0v) is 7.80. The van der Waals surface area contributed by atoms with Gasteiger partial charge in [0.15, 0.2) is 5.22 Å². The molecular formula is C9H6ClNO3. The summed E-state index contributed by atoms with van der Waals surface area (Å²) in [5, 5.41) is 2.42. The molecule has 4 nitrogen and oxygen atoms in total. The fourth-order valence-corrected chi connectivity index (χ4v) is 1.35. The molecule has 5 heteroatoms. The van der Waals surface area contributed by atoms with E-state index in [9.17, 15) is 9.59 Å². The summed E-state index contributed by atoms with van der Waals surface area (Å²) in [7, 11) is 0. The van der Waals surface area contributed by atoms with Gasteiger partial charge >= 0.3 is 0 Å². The summed E-state index contributed by atoms with van der Waals surface area (Å²) in [6.45, 7) is 0. The molecule has 2 heterocycles. The second kappa shape index (κ2) is 3.31. The summed E-state index contributed by atoms with van der Waals surface area (Å²) >= 11 is 5.55. The van der Waals surface area contributed by atoms with E-state index in [0.29, 0.717) is 11.3 Å². The van der Waals surface area contributed by atoms with Crippen molar-refractivity contribution in [2.24, 2.45) is 0 Å². The van der Waals surface area contributed by atoms with Gasteiger partial charge in [0.05, 0.1) is 6.42 Å². The molecule has 1 saturated heterocycles. The minimum Gasteiger partial charge on any atom is -0.445 e. The number of imide groups is 1. The molecule has 1 aromatic heterocycles. The summed E-state index contributed by atoms with van der Waals surface area (Å²) in [5.74, 6) is -0.198. The highest BCUT2D eigenvalue weighted by atomic mass is 35.5. The molecule has 0 aliphatic carbocycles. The van der Waals surface area contributed by atoms with Gasteiger partial charge in [0, 0.05) is 5.57 Å². The fourth-order valence-electron chi connectivity index (χ4n) is 1.20. The highest BCUT2D eigenvalue weighted by Crippen LogP contribution is 2.18.